The molecule has 1 aliphatic rings. The van der Waals surface area contributed by atoms with Gasteiger partial charge in [0.1, 0.15) is 0 Å². The second kappa shape index (κ2) is 8.53. The molecule has 2 atom stereocenters. The zero-order valence-corrected chi connectivity index (χ0v) is 15.5. The van der Waals surface area contributed by atoms with Crippen molar-refractivity contribution >= 4 is 0 Å². The summed E-state index contributed by atoms with van der Waals surface area (Å²) in [6.45, 7) is 15.2. The van der Waals surface area contributed by atoms with Crippen molar-refractivity contribution in [2.45, 2.75) is 110 Å². The van der Waals surface area contributed by atoms with E-state index in [1.807, 2.05) is 0 Å². The topological polar surface area (TPSA) is 24.1 Å². The van der Waals surface area contributed by atoms with E-state index in [2.05, 4.69) is 52.2 Å². The quantitative estimate of drug-likeness (QED) is 0.633. The first kappa shape index (κ1) is 19.0. The molecule has 2 nitrogen and oxygen atoms in total. The molecule has 0 aromatic heterocycles. The summed E-state index contributed by atoms with van der Waals surface area (Å²) in [7, 11) is 0. The maximum absolute atomic E-state index is 3.92. The van der Waals surface area contributed by atoms with E-state index in [0.29, 0.717) is 11.1 Å². The van der Waals surface area contributed by atoms with Crippen molar-refractivity contribution in [3.05, 3.63) is 0 Å². The fraction of sp³-hybridized carbons (Fsp3) is 1.00. The zero-order valence-electron chi connectivity index (χ0n) is 15.5. The van der Waals surface area contributed by atoms with Crippen molar-refractivity contribution in [1.29, 1.82) is 0 Å². The van der Waals surface area contributed by atoms with Crippen LogP contribution >= 0.6 is 0 Å². The standard InChI is InChI=1S/C19H40N2/c1-7-12-18(3,4)20-15-16-10-9-11-17(14-16)21-19(5,6)13-8-2/h16-17,20-21H,7-15H2,1-6H3/t16-,17?/m1/s1. The molecule has 21 heavy (non-hydrogen) atoms. The fourth-order valence-corrected chi connectivity index (χ4v) is 3.99. The summed E-state index contributed by atoms with van der Waals surface area (Å²) >= 11 is 0. The Bertz CT molecular complexity index is 283. The molecule has 0 saturated heterocycles. The number of hydrogen-bond donors (Lipinski definition) is 2. The van der Waals surface area contributed by atoms with Gasteiger partial charge in [0, 0.05) is 17.1 Å². The number of nitrogens with one attached hydrogen (secondary N) is 2. The molecule has 0 bridgehead atoms. The third-order valence-electron chi connectivity index (χ3n) is 5.00. The average molecular weight is 297 g/mol. The van der Waals surface area contributed by atoms with Gasteiger partial charge in [-0.15, -0.1) is 0 Å². The summed E-state index contributed by atoms with van der Waals surface area (Å²) in [5.41, 5.74) is 0.604. The fourth-order valence-electron chi connectivity index (χ4n) is 3.99. The lowest BCUT2D eigenvalue weighted by atomic mass is 9.83. The molecule has 1 saturated carbocycles. The van der Waals surface area contributed by atoms with Crippen LogP contribution in [0.25, 0.3) is 0 Å². The van der Waals surface area contributed by atoms with Crippen LogP contribution in [-0.4, -0.2) is 23.7 Å². The zero-order chi connectivity index (χ0) is 15.9. The first-order valence-corrected chi connectivity index (χ1v) is 9.30. The molecule has 1 aliphatic carbocycles. The second-order valence-corrected chi connectivity index (χ2v) is 8.52. The van der Waals surface area contributed by atoms with E-state index in [1.54, 1.807) is 0 Å². The van der Waals surface area contributed by atoms with Crippen molar-refractivity contribution in [1.82, 2.24) is 10.6 Å². The van der Waals surface area contributed by atoms with E-state index in [4.69, 9.17) is 0 Å². The second-order valence-electron chi connectivity index (χ2n) is 8.52. The van der Waals surface area contributed by atoms with Crippen LogP contribution in [0.5, 0.6) is 0 Å². The molecule has 2 N–H and O–H groups in total. The smallest absolute Gasteiger partial charge is 0.0127 e. The highest BCUT2D eigenvalue weighted by atomic mass is 15.0. The third kappa shape index (κ3) is 7.65. The van der Waals surface area contributed by atoms with Crippen molar-refractivity contribution in [3.63, 3.8) is 0 Å². The molecule has 2 heteroatoms. The van der Waals surface area contributed by atoms with Gasteiger partial charge in [0.15, 0.2) is 0 Å². The Morgan fingerprint density at radius 1 is 0.905 bits per heavy atom. The molecule has 1 fully saturated rings. The first-order valence-electron chi connectivity index (χ1n) is 9.30. The highest BCUT2D eigenvalue weighted by molar-refractivity contribution is 4.87. The predicted molar refractivity (Wildman–Crippen MR) is 94.9 cm³/mol. The van der Waals surface area contributed by atoms with Crippen LogP contribution in [0.2, 0.25) is 0 Å². The highest BCUT2D eigenvalue weighted by Gasteiger charge is 2.27. The van der Waals surface area contributed by atoms with E-state index >= 15 is 0 Å². The minimum atomic E-state index is 0.302. The lowest BCUT2D eigenvalue weighted by Gasteiger charge is -2.38. The van der Waals surface area contributed by atoms with Crippen molar-refractivity contribution in [3.8, 4) is 0 Å². The van der Waals surface area contributed by atoms with Crippen molar-refractivity contribution in [2.24, 2.45) is 5.92 Å². The minimum absolute atomic E-state index is 0.302. The van der Waals surface area contributed by atoms with Crippen LogP contribution in [0.1, 0.15) is 92.9 Å². The van der Waals surface area contributed by atoms with Crippen molar-refractivity contribution < 1.29 is 0 Å². The Hall–Kier alpha value is -0.0800. The van der Waals surface area contributed by atoms with Crippen LogP contribution in [0.15, 0.2) is 0 Å². The van der Waals surface area contributed by atoms with E-state index in [9.17, 15) is 0 Å². The molecule has 1 unspecified atom stereocenters. The molecular formula is C19H40N2. The number of hydrogen-bond acceptors (Lipinski definition) is 2. The average Bonchev–Trinajstić information content (AvgIpc) is 2.36. The van der Waals surface area contributed by atoms with Crippen molar-refractivity contribution in [2.75, 3.05) is 6.54 Å². The summed E-state index contributed by atoms with van der Waals surface area (Å²) < 4.78 is 0. The summed E-state index contributed by atoms with van der Waals surface area (Å²) in [4.78, 5) is 0. The Morgan fingerprint density at radius 3 is 2.14 bits per heavy atom. The Kier molecular flexibility index (Phi) is 7.70. The molecule has 0 aromatic carbocycles. The Labute approximate surface area is 133 Å². The van der Waals surface area contributed by atoms with Gasteiger partial charge in [0.25, 0.3) is 0 Å². The summed E-state index contributed by atoms with van der Waals surface area (Å²) in [6, 6.07) is 0.724. The third-order valence-corrected chi connectivity index (χ3v) is 5.00. The lowest BCUT2D eigenvalue weighted by Crippen LogP contribution is -2.49. The van der Waals surface area contributed by atoms with Gasteiger partial charge in [-0.2, -0.15) is 0 Å². The summed E-state index contributed by atoms with van der Waals surface area (Å²) in [6.07, 6.45) is 10.6. The molecule has 1 rings (SSSR count). The van der Waals surface area contributed by atoms with E-state index in [-0.39, 0.29) is 0 Å². The van der Waals surface area contributed by atoms with Gasteiger partial charge >= 0.3 is 0 Å². The van der Waals surface area contributed by atoms with Crippen LogP contribution in [0.4, 0.5) is 0 Å². The first-order chi connectivity index (χ1) is 9.78. The normalized spacial score (nSPS) is 24.3. The van der Waals surface area contributed by atoms with Crippen LogP contribution < -0.4 is 10.6 Å². The monoisotopic (exact) mass is 296 g/mol. The van der Waals surface area contributed by atoms with Gasteiger partial charge < -0.3 is 10.6 Å². The highest BCUT2D eigenvalue weighted by Crippen LogP contribution is 2.27. The summed E-state index contributed by atoms with van der Waals surface area (Å²) in [5, 5.41) is 7.73. The van der Waals surface area contributed by atoms with Gasteiger partial charge in [-0.1, -0.05) is 33.1 Å². The molecule has 126 valence electrons. The van der Waals surface area contributed by atoms with Crippen LogP contribution in [0.3, 0.4) is 0 Å². The maximum Gasteiger partial charge on any atom is 0.0127 e. The summed E-state index contributed by atoms with van der Waals surface area (Å²) in [5.74, 6) is 0.852. The molecular weight excluding hydrogens is 256 g/mol. The maximum atomic E-state index is 3.92. The van der Waals surface area contributed by atoms with Crippen LogP contribution in [-0.2, 0) is 0 Å². The lowest BCUT2D eigenvalue weighted by molar-refractivity contribution is 0.210. The van der Waals surface area contributed by atoms with Gasteiger partial charge in [0.2, 0.25) is 0 Å². The van der Waals surface area contributed by atoms with Gasteiger partial charge in [0.05, 0.1) is 0 Å². The predicted octanol–water partition coefficient (Wildman–Crippen LogP) is 4.88. The van der Waals surface area contributed by atoms with E-state index in [0.717, 1.165) is 12.0 Å². The van der Waals surface area contributed by atoms with Gasteiger partial charge in [-0.05, 0) is 72.3 Å². The van der Waals surface area contributed by atoms with E-state index < -0.39 is 0 Å². The molecule has 0 aromatic rings. The molecule has 0 radical (unpaired) electrons. The SMILES string of the molecule is CCCC(C)(C)NC[C@@H]1CCCC(NC(C)(C)CCC)C1. The van der Waals surface area contributed by atoms with Crippen LogP contribution in [0, 0.1) is 5.92 Å². The Morgan fingerprint density at radius 2 is 1.52 bits per heavy atom. The van der Waals surface area contributed by atoms with E-state index in [1.165, 1.54) is 57.9 Å². The van der Waals surface area contributed by atoms with Gasteiger partial charge in [-0.3, -0.25) is 0 Å². The molecule has 0 spiro atoms. The largest absolute Gasteiger partial charge is 0.312 e. The number of rotatable bonds is 9. The molecule has 0 aliphatic heterocycles. The van der Waals surface area contributed by atoms with Gasteiger partial charge in [-0.25, -0.2) is 0 Å². The Balaban J connectivity index is 2.38. The molecule has 0 amide bonds. The minimum Gasteiger partial charge on any atom is -0.312 e. The molecule has 0 heterocycles.